The fraction of sp³-hybridized carbons (Fsp3) is 0.375. The maximum absolute atomic E-state index is 11.2. The average Bonchev–Trinajstić information content (AvgIpc) is 2.05. The molecule has 0 aromatic carbocycles. The van der Waals surface area contributed by atoms with Gasteiger partial charge in [-0.2, -0.15) is 0 Å². The van der Waals surface area contributed by atoms with Crippen LogP contribution in [0.15, 0.2) is 17.2 Å². The zero-order valence-corrected chi connectivity index (χ0v) is 7.30. The van der Waals surface area contributed by atoms with Gasteiger partial charge in [0, 0.05) is 25.5 Å². The van der Waals surface area contributed by atoms with E-state index in [4.69, 9.17) is 5.11 Å². The van der Waals surface area contributed by atoms with E-state index in [1.54, 1.807) is 4.90 Å². The number of carboxylic acids is 1. The third-order valence-corrected chi connectivity index (χ3v) is 2.22. The van der Waals surface area contributed by atoms with E-state index < -0.39 is 5.97 Å². The Morgan fingerprint density at radius 1 is 1.64 bits per heavy atom. The van der Waals surface area contributed by atoms with Gasteiger partial charge in [-0.3, -0.25) is 9.59 Å². The van der Waals surface area contributed by atoms with Crippen LogP contribution in [0.1, 0.15) is 0 Å². The Morgan fingerprint density at radius 2 is 2.36 bits per heavy atom. The monoisotopic (exact) mass is 195 g/mol. The third kappa shape index (κ3) is 1.34. The smallest absolute Gasteiger partial charge is 0.310 e. The van der Waals surface area contributed by atoms with Crippen LogP contribution in [0.3, 0.4) is 0 Å². The number of hydrogen-bond donors (Lipinski definition) is 2. The van der Waals surface area contributed by atoms with Gasteiger partial charge in [-0.15, -0.1) is 0 Å². The molecule has 1 saturated heterocycles. The van der Waals surface area contributed by atoms with Crippen molar-refractivity contribution in [3.05, 3.63) is 22.7 Å². The highest BCUT2D eigenvalue weighted by molar-refractivity contribution is 5.74. The number of nitrogens with one attached hydrogen (secondary N) is 1. The van der Waals surface area contributed by atoms with Crippen LogP contribution in [-0.2, 0) is 4.79 Å². The summed E-state index contributed by atoms with van der Waals surface area (Å²) in [5.41, 5.74) is -0.281. The summed E-state index contributed by atoms with van der Waals surface area (Å²) in [6, 6.07) is 0. The van der Waals surface area contributed by atoms with Gasteiger partial charge in [0.05, 0.1) is 5.92 Å². The normalized spacial score (nSPS) is 16.4. The molecule has 0 amide bonds. The van der Waals surface area contributed by atoms with Crippen LogP contribution in [0, 0.1) is 5.92 Å². The highest BCUT2D eigenvalue weighted by Gasteiger charge is 2.34. The van der Waals surface area contributed by atoms with E-state index in [9.17, 15) is 9.59 Å². The Morgan fingerprint density at radius 3 is 2.93 bits per heavy atom. The molecule has 0 atom stereocenters. The molecule has 0 saturated carbocycles. The highest BCUT2D eigenvalue weighted by Crippen LogP contribution is 2.19. The topological polar surface area (TPSA) is 86.3 Å². The van der Waals surface area contributed by atoms with E-state index in [0.717, 1.165) is 0 Å². The number of carbonyl (C=O) groups is 1. The summed E-state index contributed by atoms with van der Waals surface area (Å²) >= 11 is 0. The molecule has 0 bridgehead atoms. The van der Waals surface area contributed by atoms with Crippen molar-refractivity contribution < 1.29 is 9.90 Å². The van der Waals surface area contributed by atoms with E-state index in [-0.39, 0.29) is 11.5 Å². The molecule has 1 fully saturated rings. The van der Waals surface area contributed by atoms with Crippen molar-refractivity contribution in [1.29, 1.82) is 0 Å². The minimum atomic E-state index is -0.825. The SMILES string of the molecule is O=C(O)C1CN(c2ncc[nH]c2=O)C1. The lowest BCUT2D eigenvalue weighted by Crippen LogP contribution is -2.52. The van der Waals surface area contributed by atoms with Gasteiger partial charge in [0.1, 0.15) is 0 Å². The number of carboxylic acid groups (broad SMARTS) is 1. The third-order valence-electron chi connectivity index (χ3n) is 2.22. The summed E-state index contributed by atoms with van der Waals surface area (Å²) in [4.78, 5) is 29.8. The van der Waals surface area contributed by atoms with Crippen molar-refractivity contribution in [2.45, 2.75) is 0 Å². The lowest BCUT2D eigenvalue weighted by Gasteiger charge is -2.36. The molecule has 74 valence electrons. The van der Waals surface area contributed by atoms with Crippen LogP contribution in [0.25, 0.3) is 0 Å². The van der Waals surface area contributed by atoms with Gasteiger partial charge in [-0.25, -0.2) is 4.98 Å². The summed E-state index contributed by atoms with van der Waals surface area (Å²) < 4.78 is 0. The quantitative estimate of drug-likeness (QED) is 0.651. The van der Waals surface area contributed by atoms with Gasteiger partial charge in [-0.1, -0.05) is 0 Å². The number of anilines is 1. The molecule has 6 nitrogen and oxygen atoms in total. The fourth-order valence-corrected chi connectivity index (χ4v) is 1.38. The van der Waals surface area contributed by atoms with Crippen molar-refractivity contribution in [3.63, 3.8) is 0 Å². The predicted octanol–water partition coefficient (Wildman–Crippen LogP) is -0.709. The van der Waals surface area contributed by atoms with Crippen LogP contribution in [-0.4, -0.2) is 34.1 Å². The van der Waals surface area contributed by atoms with Crippen molar-refractivity contribution >= 4 is 11.8 Å². The molecule has 0 aliphatic carbocycles. The molecular formula is C8H9N3O3. The molecule has 0 spiro atoms. The van der Waals surface area contributed by atoms with Gasteiger partial charge >= 0.3 is 5.97 Å². The molecule has 0 radical (unpaired) electrons. The Labute approximate surface area is 79.2 Å². The van der Waals surface area contributed by atoms with Gasteiger partial charge < -0.3 is 15.0 Å². The number of rotatable bonds is 2. The predicted molar refractivity (Wildman–Crippen MR) is 48.2 cm³/mol. The lowest BCUT2D eigenvalue weighted by atomic mass is 10.0. The van der Waals surface area contributed by atoms with Gasteiger partial charge in [0.2, 0.25) is 0 Å². The molecule has 2 rings (SSSR count). The zero-order chi connectivity index (χ0) is 10.1. The van der Waals surface area contributed by atoms with E-state index >= 15 is 0 Å². The number of aromatic nitrogens is 2. The molecule has 0 unspecified atom stereocenters. The lowest BCUT2D eigenvalue weighted by molar-refractivity contribution is -0.142. The second-order valence-electron chi connectivity index (χ2n) is 3.18. The number of aromatic amines is 1. The Kier molecular flexibility index (Phi) is 1.95. The van der Waals surface area contributed by atoms with Crippen molar-refractivity contribution in [2.75, 3.05) is 18.0 Å². The molecule has 2 heterocycles. The standard InChI is InChI=1S/C8H9N3O3/c12-7-6(9-1-2-10-7)11-3-5(4-11)8(13)14/h1-2,5H,3-4H2,(H,10,12)(H,13,14). The molecule has 1 aliphatic rings. The van der Waals surface area contributed by atoms with Gasteiger partial charge in [-0.05, 0) is 0 Å². The minimum Gasteiger partial charge on any atom is -0.481 e. The van der Waals surface area contributed by atoms with E-state index in [1.807, 2.05) is 0 Å². The Balaban J connectivity index is 2.11. The Bertz CT molecular complexity index is 408. The minimum absolute atomic E-state index is 0.281. The van der Waals surface area contributed by atoms with Crippen LogP contribution >= 0.6 is 0 Å². The first-order valence-electron chi connectivity index (χ1n) is 4.20. The summed E-state index contributed by atoms with van der Waals surface area (Å²) in [5, 5.41) is 8.63. The summed E-state index contributed by atoms with van der Waals surface area (Å²) in [5.74, 6) is -0.907. The second kappa shape index (κ2) is 3.13. The first kappa shape index (κ1) is 8.74. The number of nitrogens with zero attached hydrogens (tertiary/aromatic N) is 2. The maximum Gasteiger partial charge on any atom is 0.310 e. The van der Waals surface area contributed by atoms with Crippen LogP contribution in [0.4, 0.5) is 5.82 Å². The van der Waals surface area contributed by atoms with Crippen LogP contribution < -0.4 is 10.5 Å². The first-order valence-corrected chi connectivity index (χ1v) is 4.20. The first-order chi connectivity index (χ1) is 6.68. The molecular weight excluding hydrogens is 186 g/mol. The number of hydrogen-bond acceptors (Lipinski definition) is 4. The van der Waals surface area contributed by atoms with E-state index in [2.05, 4.69) is 9.97 Å². The molecule has 1 aliphatic heterocycles. The summed E-state index contributed by atoms with van der Waals surface area (Å²) in [7, 11) is 0. The van der Waals surface area contributed by atoms with Crippen LogP contribution in [0.5, 0.6) is 0 Å². The Hall–Kier alpha value is -1.85. The average molecular weight is 195 g/mol. The van der Waals surface area contributed by atoms with Crippen LogP contribution in [0.2, 0.25) is 0 Å². The number of aliphatic carboxylic acids is 1. The number of H-pyrrole nitrogens is 1. The maximum atomic E-state index is 11.2. The van der Waals surface area contributed by atoms with E-state index in [1.165, 1.54) is 12.4 Å². The van der Waals surface area contributed by atoms with Gasteiger partial charge in [0.15, 0.2) is 5.82 Å². The van der Waals surface area contributed by atoms with Crippen molar-refractivity contribution in [3.8, 4) is 0 Å². The molecule has 6 heteroatoms. The molecule has 2 N–H and O–H groups in total. The summed E-state index contributed by atoms with van der Waals surface area (Å²) in [6.45, 7) is 0.713. The fourth-order valence-electron chi connectivity index (χ4n) is 1.38. The zero-order valence-electron chi connectivity index (χ0n) is 7.30. The summed E-state index contributed by atoms with van der Waals surface area (Å²) in [6.07, 6.45) is 2.92. The van der Waals surface area contributed by atoms with E-state index in [0.29, 0.717) is 18.9 Å². The van der Waals surface area contributed by atoms with Crippen molar-refractivity contribution in [2.24, 2.45) is 5.92 Å². The van der Waals surface area contributed by atoms with Crippen molar-refractivity contribution in [1.82, 2.24) is 9.97 Å². The van der Waals surface area contributed by atoms with Gasteiger partial charge in [0.25, 0.3) is 5.56 Å². The largest absolute Gasteiger partial charge is 0.481 e. The second-order valence-corrected chi connectivity index (χ2v) is 3.18. The molecule has 1 aromatic heterocycles. The highest BCUT2D eigenvalue weighted by atomic mass is 16.4. The molecule has 1 aromatic rings. The molecule has 14 heavy (non-hydrogen) atoms.